The van der Waals surface area contributed by atoms with Crippen LogP contribution in [0.5, 0.6) is 0 Å². The molecule has 0 atom stereocenters. The standard InChI is InChI=1S/C16H24FN3/c1-5-10-19-15(18-6-2)20-12-16(3,4)13-8-7-9-14(17)11-13/h5,7-9,11H,1,6,10,12H2,2-4H3,(H2,18,19,20). The van der Waals surface area contributed by atoms with Crippen molar-refractivity contribution < 1.29 is 4.39 Å². The molecule has 0 fully saturated rings. The van der Waals surface area contributed by atoms with Gasteiger partial charge in [0.25, 0.3) is 0 Å². The van der Waals surface area contributed by atoms with Crippen LogP contribution >= 0.6 is 0 Å². The highest BCUT2D eigenvalue weighted by Gasteiger charge is 2.20. The fourth-order valence-electron chi connectivity index (χ4n) is 1.79. The molecule has 0 aromatic heterocycles. The quantitative estimate of drug-likeness (QED) is 0.476. The van der Waals surface area contributed by atoms with Crippen molar-refractivity contribution in [2.75, 3.05) is 19.6 Å². The minimum atomic E-state index is -0.224. The second kappa shape index (κ2) is 7.68. The molecule has 0 aliphatic rings. The molecular weight excluding hydrogens is 253 g/mol. The number of nitrogens with one attached hydrogen (secondary N) is 2. The van der Waals surface area contributed by atoms with Crippen molar-refractivity contribution in [1.29, 1.82) is 0 Å². The van der Waals surface area contributed by atoms with E-state index >= 15 is 0 Å². The average molecular weight is 277 g/mol. The average Bonchev–Trinajstić information content (AvgIpc) is 2.42. The van der Waals surface area contributed by atoms with E-state index < -0.39 is 0 Å². The maximum Gasteiger partial charge on any atom is 0.191 e. The number of hydrogen-bond acceptors (Lipinski definition) is 1. The van der Waals surface area contributed by atoms with E-state index in [2.05, 4.69) is 36.1 Å². The first-order valence-electron chi connectivity index (χ1n) is 6.88. The first-order chi connectivity index (χ1) is 9.49. The number of hydrogen-bond donors (Lipinski definition) is 2. The van der Waals surface area contributed by atoms with E-state index in [1.807, 2.05) is 13.0 Å². The van der Waals surface area contributed by atoms with E-state index in [9.17, 15) is 4.39 Å². The van der Waals surface area contributed by atoms with Crippen molar-refractivity contribution in [2.45, 2.75) is 26.2 Å². The van der Waals surface area contributed by atoms with E-state index in [1.165, 1.54) is 6.07 Å². The third kappa shape index (κ3) is 5.03. The molecule has 110 valence electrons. The Hall–Kier alpha value is -1.84. The Bertz CT molecular complexity index is 467. The van der Waals surface area contributed by atoms with Gasteiger partial charge in [-0.25, -0.2) is 4.39 Å². The SMILES string of the molecule is C=CCNC(=NCC(C)(C)c1cccc(F)c1)NCC. The van der Waals surface area contributed by atoms with Gasteiger partial charge in [0.05, 0.1) is 6.54 Å². The van der Waals surface area contributed by atoms with Crippen LogP contribution in [0.2, 0.25) is 0 Å². The molecule has 2 N–H and O–H groups in total. The van der Waals surface area contributed by atoms with Crippen LogP contribution in [0.25, 0.3) is 0 Å². The number of nitrogens with zero attached hydrogens (tertiary/aromatic N) is 1. The molecule has 0 heterocycles. The normalized spacial score (nSPS) is 12.1. The number of benzene rings is 1. The highest BCUT2D eigenvalue weighted by Crippen LogP contribution is 2.23. The van der Waals surface area contributed by atoms with Crippen molar-refractivity contribution >= 4 is 5.96 Å². The summed E-state index contributed by atoms with van der Waals surface area (Å²) in [5.41, 5.74) is 0.722. The molecule has 0 radical (unpaired) electrons. The van der Waals surface area contributed by atoms with Gasteiger partial charge in [-0.15, -0.1) is 6.58 Å². The number of halogens is 1. The van der Waals surface area contributed by atoms with Crippen molar-refractivity contribution in [3.63, 3.8) is 0 Å². The molecule has 1 rings (SSSR count). The molecular formula is C16H24FN3. The Morgan fingerprint density at radius 2 is 2.15 bits per heavy atom. The lowest BCUT2D eigenvalue weighted by Gasteiger charge is -2.24. The van der Waals surface area contributed by atoms with Crippen molar-refractivity contribution in [2.24, 2.45) is 4.99 Å². The number of aliphatic imine (C=N–C) groups is 1. The van der Waals surface area contributed by atoms with E-state index in [0.29, 0.717) is 13.1 Å². The van der Waals surface area contributed by atoms with Crippen LogP contribution in [0.1, 0.15) is 26.3 Å². The molecule has 0 spiro atoms. The van der Waals surface area contributed by atoms with Crippen LogP contribution in [0, 0.1) is 5.82 Å². The Morgan fingerprint density at radius 3 is 2.75 bits per heavy atom. The molecule has 20 heavy (non-hydrogen) atoms. The zero-order valence-electron chi connectivity index (χ0n) is 12.5. The van der Waals surface area contributed by atoms with Gasteiger partial charge in [-0.1, -0.05) is 32.1 Å². The van der Waals surface area contributed by atoms with Gasteiger partial charge in [0.2, 0.25) is 0 Å². The Balaban J connectivity index is 2.79. The Morgan fingerprint density at radius 1 is 1.40 bits per heavy atom. The molecule has 0 amide bonds. The van der Waals surface area contributed by atoms with Crippen LogP contribution in [-0.4, -0.2) is 25.6 Å². The first kappa shape index (κ1) is 16.2. The van der Waals surface area contributed by atoms with Crippen molar-refractivity contribution in [1.82, 2.24) is 10.6 Å². The second-order valence-corrected chi connectivity index (χ2v) is 5.26. The van der Waals surface area contributed by atoms with Gasteiger partial charge in [-0.2, -0.15) is 0 Å². The summed E-state index contributed by atoms with van der Waals surface area (Å²) in [5.74, 6) is 0.535. The fraction of sp³-hybridized carbons (Fsp3) is 0.438. The summed E-state index contributed by atoms with van der Waals surface area (Å²) in [7, 11) is 0. The molecule has 3 nitrogen and oxygen atoms in total. The number of guanidine groups is 1. The van der Waals surface area contributed by atoms with Crippen LogP contribution in [0.15, 0.2) is 41.9 Å². The molecule has 0 aliphatic heterocycles. The van der Waals surface area contributed by atoms with E-state index in [-0.39, 0.29) is 11.2 Å². The molecule has 1 aromatic carbocycles. The molecule has 1 aromatic rings. The minimum absolute atomic E-state index is 0.212. The zero-order valence-corrected chi connectivity index (χ0v) is 12.5. The van der Waals surface area contributed by atoms with E-state index in [1.54, 1.807) is 18.2 Å². The van der Waals surface area contributed by atoms with E-state index in [4.69, 9.17) is 0 Å². The third-order valence-electron chi connectivity index (χ3n) is 3.00. The molecule has 0 saturated heterocycles. The maximum absolute atomic E-state index is 13.3. The fourth-order valence-corrected chi connectivity index (χ4v) is 1.79. The highest BCUT2D eigenvalue weighted by molar-refractivity contribution is 5.79. The first-order valence-corrected chi connectivity index (χ1v) is 6.88. The number of rotatable bonds is 6. The monoisotopic (exact) mass is 277 g/mol. The summed E-state index contributed by atoms with van der Waals surface area (Å²) in [6.07, 6.45) is 1.78. The van der Waals surface area contributed by atoms with Crippen molar-refractivity contribution in [3.8, 4) is 0 Å². The van der Waals surface area contributed by atoms with Gasteiger partial charge in [0.1, 0.15) is 5.82 Å². The van der Waals surface area contributed by atoms with Crippen LogP contribution in [0.4, 0.5) is 4.39 Å². The summed E-state index contributed by atoms with van der Waals surface area (Å²) >= 11 is 0. The van der Waals surface area contributed by atoms with E-state index in [0.717, 1.165) is 18.1 Å². The smallest absolute Gasteiger partial charge is 0.191 e. The summed E-state index contributed by atoms with van der Waals surface area (Å²) in [6, 6.07) is 6.69. The third-order valence-corrected chi connectivity index (χ3v) is 3.00. The van der Waals surface area contributed by atoms with Gasteiger partial charge in [0, 0.05) is 18.5 Å². The molecule has 0 unspecified atom stereocenters. The van der Waals surface area contributed by atoms with Crippen molar-refractivity contribution in [3.05, 3.63) is 48.3 Å². The second-order valence-electron chi connectivity index (χ2n) is 5.26. The lowest BCUT2D eigenvalue weighted by Crippen LogP contribution is -2.38. The molecule has 0 aliphatic carbocycles. The summed E-state index contributed by atoms with van der Waals surface area (Å²) < 4.78 is 13.3. The molecule has 4 heteroatoms. The Kier molecular flexibility index (Phi) is 6.22. The minimum Gasteiger partial charge on any atom is -0.357 e. The summed E-state index contributed by atoms with van der Waals surface area (Å²) in [5, 5.41) is 6.32. The summed E-state index contributed by atoms with van der Waals surface area (Å²) in [6.45, 7) is 11.8. The lowest BCUT2D eigenvalue weighted by molar-refractivity contribution is 0.529. The predicted octanol–water partition coefficient (Wildman–Crippen LogP) is 2.84. The lowest BCUT2D eigenvalue weighted by atomic mass is 9.85. The topological polar surface area (TPSA) is 36.4 Å². The van der Waals surface area contributed by atoms with Gasteiger partial charge in [0.15, 0.2) is 5.96 Å². The maximum atomic E-state index is 13.3. The largest absolute Gasteiger partial charge is 0.357 e. The van der Waals surface area contributed by atoms with Crippen LogP contribution in [0.3, 0.4) is 0 Å². The van der Waals surface area contributed by atoms with Gasteiger partial charge in [-0.3, -0.25) is 4.99 Å². The molecule has 0 saturated carbocycles. The zero-order chi connectivity index (χ0) is 15.0. The predicted molar refractivity (Wildman–Crippen MR) is 83.6 cm³/mol. The van der Waals surface area contributed by atoms with Gasteiger partial charge in [-0.05, 0) is 24.6 Å². The highest BCUT2D eigenvalue weighted by atomic mass is 19.1. The van der Waals surface area contributed by atoms with Gasteiger partial charge < -0.3 is 10.6 Å². The Labute approximate surface area is 121 Å². The van der Waals surface area contributed by atoms with Crippen LogP contribution < -0.4 is 10.6 Å². The summed E-state index contributed by atoms with van der Waals surface area (Å²) in [4.78, 5) is 4.55. The molecule has 0 bridgehead atoms. The van der Waals surface area contributed by atoms with Gasteiger partial charge >= 0.3 is 0 Å². The van der Waals surface area contributed by atoms with Crippen LogP contribution in [-0.2, 0) is 5.41 Å².